The smallest absolute Gasteiger partial charge is 0.0224 e. The summed E-state index contributed by atoms with van der Waals surface area (Å²) in [5.74, 6) is 0.738. The lowest BCUT2D eigenvalue weighted by Crippen LogP contribution is -2.14. The van der Waals surface area contributed by atoms with Crippen molar-refractivity contribution in [1.29, 1.82) is 0 Å². The second-order valence-electron chi connectivity index (χ2n) is 1.81. The Kier molecular flexibility index (Phi) is 4.57. The average Bonchev–Trinajstić information content (AvgIpc) is 1.61. The van der Waals surface area contributed by atoms with Crippen LogP contribution in [0.1, 0.15) is 19.8 Å². The zero-order valence-corrected chi connectivity index (χ0v) is 5.41. The molecule has 7 heavy (non-hydrogen) atoms. The van der Waals surface area contributed by atoms with Gasteiger partial charge in [0.05, 0.1) is 0 Å². The van der Waals surface area contributed by atoms with Crippen molar-refractivity contribution in [3.63, 3.8) is 0 Å². The number of alkyl halides is 1. The van der Waals surface area contributed by atoms with E-state index in [2.05, 4.69) is 0 Å². The molecule has 1 nitrogen and oxygen atoms in total. The minimum absolute atomic E-state index is 0.318. The van der Waals surface area contributed by atoms with Gasteiger partial charge in [0.15, 0.2) is 0 Å². The van der Waals surface area contributed by atoms with Crippen molar-refractivity contribution >= 4 is 11.6 Å². The zero-order chi connectivity index (χ0) is 5.70. The highest BCUT2D eigenvalue weighted by Crippen LogP contribution is 1.93. The van der Waals surface area contributed by atoms with Crippen LogP contribution in [0.3, 0.4) is 0 Å². The quantitative estimate of drug-likeness (QED) is 0.561. The maximum absolute atomic E-state index is 5.42. The van der Waals surface area contributed by atoms with Crippen LogP contribution < -0.4 is 5.73 Å². The van der Waals surface area contributed by atoms with Crippen molar-refractivity contribution in [2.24, 2.45) is 5.73 Å². The maximum Gasteiger partial charge on any atom is 0.0224 e. The first kappa shape index (κ1) is 7.25. The lowest BCUT2D eigenvalue weighted by atomic mass is 10.2. The van der Waals surface area contributed by atoms with E-state index in [9.17, 15) is 0 Å². The van der Waals surface area contributed by atoms with Gasteiger partial charge in [-0.15, -0.1) is 11.6 Å². The molecule has 2 N–H and O–H groups in total. The summed E-state index contributed by atoms with van der Waals surface area (Å²) in [4.78, 5) is 0. The fourth-order valence-electron chi connectivity index (χ4n) is 0.399. The monoisotopic (exact) mass is 121 g/mol. The Balaban J connectivity index is 2.68. The molecule has 0 saturated carbocycles. The Morgan fingerprint density at radius 2 is 2.29 bits per heavy atom. The molecule has 0 aliphatic heterocycles. The lowest BCUT2D eigenvalue weighted by Gasteiger charge is -1.98. The largest absolute Gasteiger partial charge is 0.328 e. The van der Waals surface area contributed by atoms with Crippen LogP contribution in [0.2, 0.25) is 0 Å². The van der Waals surface area contributed by atoms with Crippen LogP contribution >= 0.6 is 11.6 Å². The molecule has 1 unspecified atom stereocenters. The van der Waals surface area contributed by atoms with Gasteiger partial charge in [0.1, 0.15) is 0 Å². The molecule has 2 heteroatoms. The SMILES string of the molecule is CC(N)CCCCl. The molecule has 0 heterocycles. The second kappa shape index (κ2) is 4.41. The molecule has 1 atom stereocenters. The van der Waals surface area contributed by atoms with Crippen LogP contribution in [-0.2, 0) is 0 Å². The van der Waals surface area contributed by atoms with Gasteiger partial charge in [0, 0.05) is 11.9 Å². The van der Waals surface area contributed by atoms with Crippen molar-refractivity contribution < 1.29 is 0 Å². The van der Waals surface area contributed by atoms with E-state index in [0.29, 0.717) is 6.04 Å². The first-order valence-corrected chi connectivity index (χ1v) is 3.12. The number of rotatable bonds is 3. The molecule has 0 aromatic heterocycles. The Morgan fingerprint density at radius 1 is 1.71 bits per heavy atom. The van der Waals surface area contributed by atoms with Crippen LogP contribution in [0.15, 0.2) is 0 Å². The van der Waals surface area contributed by atoms with Gasteiger partial charge in [-0.2, -0.15) is 0 Å². The standard InChI is InChI=1S/C5H12ClN/c1-5(7)3-2-4-6/h5H,2-4,7H2,1H3. The Labute approximate surface area is 49.8 Å². The van der Waals surface area contributed by atoms with Gasteiger partial charge in [0.25, 0.3) is 0 Å². The van der Waals surface area contributed by atoms with Crippen molar-refractivity contribution in [2.75, 3.05) is 5.88 Å². The van der Waals surface area contributed by atoms with E-state index in [1.54, 1.807) is 0 Å². The first-order chi connectivity index (χ1) is 3.27. The molecule has 0 aromatic rings. The molecule has 0 spiro atoms. The summed E-state index contributed by atoms with van der Waals surface area (Å²) in [6.45, 7) is 1.99. The average molecular weight is 122 g/mol. The molecule has 0 aliphatic rings. The highest BCUT2D eigenvalue weighted by Gasteiger charge is 1.89. The summed E-state index contributed by atoms with van der Waals surface area (Å²) < 4.78 is 0. The van der Waals surface area contributed by atoms with Gasteiger partial charge in [-0.05, 0) is 19.8 Å². The van der Waals surface area contributed by atoms with E-state index < -0.39 is 0 Å². The molecule has 0 aromatic carbocycles. The predicted molar refractivity (Wildman–Crippen MR) is 33.6 cm³/mol. The van der Waals surface area contributed by atoms with Crippen molar-refractivity contribution in [1.82, 2.24) is 0 Å². The van der Waals surface area contributed by atoms with Crippen LogP contribution in [0.25, 0.3) is 0 Å². The second-order valence-corrected chi connectivity index (χ2v) is 2.19. The highest BCUT2D eigenvalue weighted by atomic mass is 35.5. The van der Waals surface area contributed by atoms with Gasteiger partial charge in [-0.25, -0.2) is 0 Å². The summed E-state index contributed by atoms with van der Waals surface area (Å²) in [6.07, 6.45) is 2.09. The van der Waals surface area contributed by atoms with Gasteiger partial charge >= 0.3 is 0 Å². The molecular weight excluding hydrogens is 110 g/mol. The van der Waals surface area contributed by atoms with Gasteiger partial charge in [-0.3, -0.25) is 0 Å². The molecule has 0 saturated heterocycles. The van der Waals surface area contributed by atoms with Gasteiger partial charge in [0.2, 0.25) is 0 Å². The van der Waals surface area contributed by atoms with E-state index in [0.717, 1.165) is 18.7 Å². The lowest BCUT2D eigenvalue weighted by molar-refractivity contribution is 0.655. The minimum Gasteiger partial charge on any atom is -0.328 e. The van der Waals surface area contributed by atoms with Gasteiger partial charge in [-0.1, -0.05) is 0 Å². The Hall–Kier alpha value is 0.250. The summed E-state index contributed by atoms with van der Waals surface area (Å²) >= 11 is 5.39. The third-order valence-corrected chi connectivity index (χ3v) is 1.06. The summed E-state index contributed by atoms with van der Waals surface area (Å²) in [6, 6.07) is 0.318. The fraction of sp³-hybridized carbons (Fsp3) is 1.00. The Bertz CT molecular complexity index is 37.1. The maximum atomic E-state index is 5.42. The molecule has 0 aliphatic carbocycles. The number of hydrogen-bond acceptors (Lipinski definition) is 1. The molecule has 0 radical (unpaired) electrons. The topological polar surface area (TPSA) is 26.0 Å². The number of hydrogen-bond donors (Lipinski definition) is 1. The highest BCUT2D eigenvalue weighted by molar-refractivity contribution is 6.17. The molecule has 44 valence electrons. The van der Waals surface area contributed by atoms with E-state index in [-0.39, 0.29) is 0 Å². The molecule has 0 fully saturated rings. The third-order valence-electron chi connectivity index (χ3n) is 0.793. The van der Waals surface area contributed by atoms with Gasteiger partial charge < -0.3 is 5.73 Å². The van der Waals surface area contributed by atoms with E-state index in [4.69, 9.17) is 17.3 Å². The summed E-state index contributed by atoms with van der Waals surface area (Å²) in [7, 11) is 0. The number of halogens is 1. The van der Waals surface area contributed by atoms with Crippen molar-refractivity contribution in [3.8, 4) is 0 Å². The fourth-order valence-corrected chi connectivity index (χ4v) is 0.553. The minimum atomic E-state index is 0.318. The van der Waals surface area contributed by atoms with Crippen LogP contribution in [0, 0.1) is 0 Å². The van der Waals surface area contributed by atoms with Crippen LogP contribution in [-0.4, -0.2) is 11.9 Å². The van der Waals surface area contributed by atoms with Crippen LogP contribution in [0.4, 0.5) is 0 Å². The first-order valence-electron chi connectivity index (χ1n) is 2.59. The molecule has 0 bridgehead atoms. The molecule has 0 amide bonds. The predicted octanol–water partition coefficient (Wildman–Crippen LogP) is 1.35. The van der Waals surface area contributed by atoms with Crippen LogP contribution in [0.5, 0.6) is 0 Å². The number of nitrogens with two attached hydrogens (primary N) is 1. The van der Waals surface area contributed by atoms with E-state index in [1.165, 1.54) is 0 Å². The van der Waals surface area contributed by atoms with E-state index >= 15 is 0 Å². The third kappa shape index (κ3) is 6.25. The zero-order valence-electron chi connectivity index (χ0n) is 4.65. The van der Waals surface area contributed by atoms with E-state index in [1.807, 2.05) is 6.92 Å². The summed E-state index contributed by atoms with van der Waals surface area (Å²) in [5.41, 5.74) is 5.42. The molecule has 0 rings (SSSR count). The normalized spacial score (nSPS) is 14.1. The molecular formula is C5H12ClN. The van der Waals surface area contributed by atoms with Crippen molar-refractivity contribution in [3.05, 3.63) is 0 Å². The Morgan fingerprint density at radius 3 is 2.43 bits per heavy atom. The summed E-state index contributed by atoms with van der Waals surface area (Å²) in [5, 5.41) is 0. The van der Waals surface area contributed by atoms with Crippen molar-refractivity contribution in [2.45, 2.75) is 25.8 Å².